The van der Waals surface area contributed by atoms with E-state index >= 15 is 35.1 Å². The molecule has 74 heavy (non-hydrogen) atoms. The number of hydrogen-bond acceptors (Lipinski definition) is 2. The molecule has 384 valence electrons. The summed E-state index contributed by atoms with van der Waals surface area (Å²) >= 11 is 45.2. The summed E-state index contributed by atoms with van der Waals surface area (Å²) in [6.07, 6.45) is -5.62. The van der Waals surface area contributed by atoms with E-state index in [2.05, 4.69) is 78.9 Å². The molecular weight excluding hydrogens is 1230 g/mol. The van der Waals surface area contributed by atoms with E-state index in [1.165, 1.54) is 13.4 Å². The Bertz CT molecular complexity index is 3010. The molecule has 24 heteroatoms. The van der Waals surface area contributed by atoms with Crippen molar-refractivity contribution in [1.82, 2.24) is 0 Å². The van der Waals surface area contributed by atoms with Gasteiger partial charge in [0, 0.05) is 20.1 Å². The summed E-state index contributed by atoms with van der Waals surface area (Å²) in [5.74, 6) is -29.5. The Hall–Kier alpha value is -4.58. The van der Waals surface area contributed by atoms with Gasteiger partial charge < -0.3 is 0 Å². The minimum atomic E-state index is -5.62. The Kier molecular flexibility index (Phi) is 18.3. The summed E-state index contributed by atoms with van der Waals surface area (Å²) in [4.78, 5) is 0. The third-order valence-corrected chi connectivity index (χ3v) is 19.2. The van der Waals surface area contributed by atoms with Crippen LogP contribution >= 0.6 is 92.8 Å². The van der Waals surface area contributed by atoms with Crippen molar-refractivity contribution in [1.29, 1.82) is 0 Å². The zero-order chi connectivity index (χ0) is 54.1. The molecule has 0 atom stereocenters. The molecule has 0 radical (unpaired) electrons. The van der Waals surface area contributed by atoms with Crippen LogP contribution in [0.3, 0.4) is 0 Å². The number of benzene rings is 8. The molecule has 0 bridgehead atoms. The minimum absolute atomic E-state index is 0.508. The first kappa shape index (κ1) is 57.1. The van der Waals surface area contributed by atoms with E-state index in [1.54, 1.807) is 0 Å². The maximum atomic E-state index is 16.0. The maximum absolute atomic E-state index is 16.0. The second kappa shape index (κ2) is 23.8. The van der Waals surface area contributed by atoms with Crippen molar-refractivity contribution in [3.63, 3.8) is 0 Å². The van der Waals surface area contributed by atoms with Gasteiger partial charge in [-0.3, -0.25) is 0 Å². The summed E-state index contributed by atoms with van der Waals surface area (Å²) < 4.78 is 198. The van der Waals surface area contributed by atoms with E-state index in [4.69, 9.17) is 102 Å². The standard InChI is InChI=1S/C26H23O2Se.C24BCl8F12/c1-4-12-22(13-5-1)27-20-21-28-25-18-10-11-19-26(25)29(23-14-6-2-7-15-23)24-16-8-3-9-17-24;26-5-1(13(34)21(42)17(38)9(5)30)25(2-6(27)10(31)18(39)22(43)14(2)35,3-7(28)11(32)19(40)23(44)15(3)36)4-8(29)12(33)20(41)24(45)16(4)37/h1-19H,20-21H2;/q+1;-1. The van der Waals surface area contributed by atoms with Gasteiger partial charge in [0.15, 0.2) is 46.5 Å². The molecule has 0 saturated carbocycles. The third-order valence-electron chi connectivity index (χ3n) is 11.1. The van der Waals surface area contributed by atoms with Crippen LogP contribution in [0.2, 0.25) is 40.2 Å². The van der Waals surface area contributed by atoms with E-state index in [0.29, 0.717) is 13.2 Å². The van der Waals surface area contributed by atoms with Crippen molar-refractivity contribution in [2.75, 3.05) is 13.2 Å². The Morgan fingerprint density at radius 2 is 0.595 bits per heavy atom. The SMILES string of the molecule is Fc1c(F)c(Cl)c(Cl)c([B-](c2c(F)c(F)c(F)c(Cl)c2Cl)(c2c(F)c(F)c(F)c(Cl)c2Cl)c2c(F)c(F)c(F)c(Cl)c2Cl)c1F.c1ccc(OCCOc2ccccc2[Se+](c2ccccc2)c2ccccc2)cc1. The number of hydrogen-bond donors (Lipinski definition) is 0. The molecular formula is C50H23BCl8F12O2Se. The van der Waals surface area contributed by atoms with Gasteiger partial charge in [0.1, 0.15) is 29.4 Å². The second-order valence-corrected chi connectivity index (χ2v) is 22.4. The summed E-state index contributed by atoms with van der Waals surface area (Å²) in [5.41, 5.74) is -8.47. The van der Waals surface area contributed by atoms with Crippen LogP contribution in [0.25, 0.3) is 0 Å². The summed E-state index contributed by atoms with van der Waals surface area (Å²) in [7, 11) is 0. The first-order valence-electron chi connectivity index (χ1n) is 20.6. The fourth-order valence-corrected chi connectivity index (χ4v) is 14.6. The van der Waals surface area contributed by atoms with Crippen molar-refractivity contribution >= 4 is 148 Å². The van der Waals surface area contributed by atoms with Gasteiger partial charge in [-0.2, -0.15) is 0 Å². The molecule has 0 unspecified atom stereocenters. The normalized spacial score (nSPS) is 11.5. The predicted octanol–water partition coefficient (Wildman–Crippen LogP) is 13.6. The molecule has 0 aliphatic rings. The van der Waals surface area contributed by atoms with E-state index in [9.17, 15) is 17.6 Å². The van der Waals surface area contributed by atoms with Crippen LogP contribution < -0.4 is 44.7 Å². The summed E-state index contributed by atoms with van der Waals surface area (Å²) in [6.45, 7) is 1.02. The average molecular weight is 1260 g/mol. The van der Waals surface area contributed by atoms with E-state index in [1.807, 2.05) is 36.4 Å². The van der Waals surface area contributed by atoms with Gasteiger partial charge >= 0.3 is 177 Å². The van der Waals surface area contributed by atoms with Gasteiger partial charge in [0.25, 0.3) is 0 Å². The van der Waals surface area contributed by atoms with Crippen molar-refractivity contribution in [3.05, 3.63) is 225 Å². The number of ether oxygens (including phenoxy) is 2. The molecule has 0 spiro atoms. The van der Waals surface area contributed by atoms with Crippen molar-refractivity contribution in [2.24, 2.45) is 0 Å². The van der Waals surface area contributed by atoms with Crippen LogP contribution in [-0.4, -0.2) is 33.3 Å². The summed E-state index contributed by atoms with van der Waals surface area (Å²) in [6, 6.07) is 39.8. The van der Waals surface area contributed by atoms with E-state index in [-0.39, 0.29) is 0 Å². The van der Waals surface area contributed by atoms with E-state index < -0.39 is 152 Å². The van der Waals surface area contributed by atoms with Crippen molar-refractivity contribution in [3.8, 4) is 11.5 Å². The van der Waals surface area contributed by atoms with Crippen molar-refractivity contribution < 1.29 is 62.2 Å². The van der Waals surface area contributed by atoms with Crippen LogP contribution in [0.4, 0.5) is 52.7 Å². The van der Waals surface area contributed by atoms with Gasteiger partial charge in [-0.15, -0.1) is 21.9 Å². The predicted molar refractivity (Wildman–Crippen MR) is 271 cm³/mol. The average Bonchev–Trinajstić information content (AvgIpc) is 3.41. The monoisotopic (exact) mass is 1250 g/mol. The van der Waals surface area contributed by atoms with Crippen LogP contribution in [0.5, 0.6) is 11.5 Å². The second-order valence-electron chi connectivity index (χ2n) is 15.2. The zero-order valence-electron chi connectivity index (χ0n) is 36.2. The number of halogens is 20. The van der Waals surface area contributed by atoms with Crippen molar-refractivity contribution in [2.45, 2.75) is 0 Å². The Morgan fingerprint density at radius 3 is 0.932 bits per heavy atom. The van der Waals surface area contributed by atoms with Crippen LogP contribution in [0.15, 0.2) is 115 Å². The molecule has 0 N–H and O–H groups in total. The molecule has 0 aromatic heterocycles. The molecule has 8 aromatic carbocycles. The van der Waals surface area contributed by atoms with Gasteiger partial charge in [0.05, 0.1) is 20.1 Å². The first-order chi connectivity index (χ1) is 35.1. The molecule has 8 rings (SSSR count). The van der Waals surface area contributed by atoms with Crippen LogP contribution in [0, 0.1) is 69.8 Å². The molecule has 0 aliphatic heterocycles. The quantitative estimate of drug-likeness (QED) is 0.0399. The third kappa shape index (κ3) is 10.4. The van der Waals surface area contributed by atoms with Crippen LogP contribution in [-0.2, 0) is 0 Å². The molecule has 0 heterocycles. The molecule has 0 aliphatic carbocycles. The first-order valence-corrected chi connectivity index (χ1v) is 26.2. The number of para-hydroxylation sites is 2. The molecule has 0 amide bonds. The number of rotatable bonds is 12. The fraction of sp³-hybridized carbons (Fsp3) is 0.0400. The van der Waals surface area contributed by atoms with Gasteiger partial charge in [-0.05, 0) is 0 Å². The molecule has 0 fully saturated rings. The molecule has 0 saturated heterocycles. The topological polar surface area (TPSA) is 18.5 Å². The molecule has 2 nitrogen and oxygen atoms in total. The van der Waals surface area contributed by atoms with Gasteiger partial charge in [-0.1, -0.05) is 92.8 Å². The van der Waals surface area contributed by atoms with Crippen LogP contribution in [0.1, 0.15) is 0 Å². The zero-order valence-corrected chi connectivity index (χ0v) is 44.0. The van der Waals surface area contributed by atoms with E-state index in [0.717, 1.165) is 11.5 Å². The van der Waals surface area contributed by atoms with Gasteiger partial charge in [0.2, 0.25) is 0 Å². The van der Waals surface area contributed by atoms with Gasteiger partial charge in [-0.25, -0.2) is 52.7 Å². The molecule has 8 aromatic rings. The Labute approximate surface area is 456 Å². The summed E-state index contributed by atoms with van der Waals surface area (Å²) in [5, 5.41) is -13.9. The Balaban J connectivity index is 0.000000237. The fourth-order valence-electron chi connectivity index (χ4n) is 7.94. The Morgan fingerprint density at radius 1 is 0.311 bits per heavy atom.